The number of benzene rings is 2. The quantitative estimate of drug-likeness (QED) is 0.431. The molecule has 5 rings (SSSR count). The second-order valence-corrected chi connectivity index (χ2v) is 8.53. The molecule has 2 aromatic heterocycles. The molecule has 1 fully saturated rings. The molecule has 1 aliphatic heterocycles. The van der Waals surface area contributed by atoms with E-state index in [1.807, 2.05) is 30.0 Å². The van der Waals surface area contributed by atoms with Gasteiger partial charge < -0.3 is 9.32 Å². The van der Waals surface area contributed by atoms with E-state index < -0.39 is 0 Å². The first-order chi connectivity index (χ1) is 16.0. The zero-order valence-electron chi connectivity index (χ0n) is 18.5. The number of piperidine rings is 1. The zero-order chi connectivity index (χ0) is 22.9. The van der Waals surface area contributed by atoms with Gasteiger partial charge in [-0.1, -0.05) is 24.6 Å². The zero-order valence-corrected chi connectivity index (χ0v) is 18.5. The van der Waals surface area contributed by atoms with Gasteiger partial charge in [0.1, 0.15) is 11.3 Å². The van der Waals surface area contributed by atoms with Crippen molar-refractivity contribution in [3.63, 3.8) is 0 Å². The minimum Gasteiger partial charge on any atom is -0.422 e. The number of nitrogens with zero attached hydrogens (tertiary/aromatic N) is 4. The average molecular weight is 445 g/mol. The van der Waals surface area contributed by atoms with Gasteiger partial charge in [-0.3, -0.25) is 9.89 Å². The Bertz CT molecular complexity index is 1330. The Balaban J connectivity index is 1.47. The van der Waals surface area contributed by atoms with Crippen molar-refractivity contribution < 1.29 is 13.6 Å². The van der Waals surface area contributed by atoms with E-state index >= 15 is 0 Å². The van der Waals surface area contributed by atoms with E-state index in [2.05, 4.69) is 27.1 Å². The molecule has 7 nitrogen and oxygen atoms in total. The molecule has 0 saturated carbocycles. The predicted molar refractivity (Wildman–Crippen MR) is 124 cm³/mol. The van der Waals surface area contributed by atoms with Crippen LogP contribution < -0.4 is 0 Å². The van der Waals surface area contributed by atoms with Crippen molar-refractivity contribution in [2.24, 2.45) is 10.9 Å². The van der Waals surface area contributed by atoms with Gasteiger partial charge >= 0.3 is 6.01 Å². The highest BCUT2D eigenvalue weighted by Gasteiger charge is 2.32. The maximum atomic E-state index is 13.8. The Morgan fingerprint density at radius 2 is 2.18 bits per heavy atom. The van der Waals surface area contributed by atoms with Crippen molar-refractivity contribution in [1.29, 1.82) is 0 Å². The molecule has 8 heteroatoms. The van der Waals surface area contributed by atoms with Crippen LogP contribution >= 0.6 is 0 Å². The minimum atomic E-state index is -0.379. The Hall–Kier alpha value is -3.81. The molecule has 1 saturated heterocycles. The molecule has 0 spiro atoms. The average Bonchev–Trinajstić information content (AvgIpc) is 3.47. The Labute approximate surface area is 190 Å². The number of hydrogen-bond acceptors (Lipinski definition) is 5. The van der Waals surface area contributed by atoms with E-state index in [9.17, 15) is 9.18 Å². The summed E-state index contributed by atoms with van der Waals surface area (Å²) in [5.74, 6) is -0.205. The summed E-state index contributed by atoms with van der Waals surface area (Å²) in [5.41, 5.74) is 4.25. The van der Waals surface area contributed by atoms with E-state index in [4.69, 9.17) is 4.42 Å². The first-order valence-electron chi connectivity index (χ1n) is 11.0. The molecule has 2 unspecified atom stereocenters. The Morgan fingerprint density at radius 3 is 3.00 bits per heavy atom. The highest BCUT2D eigenvalue weighted by molar-refractivity contribution is 6.02. The number of H-pyrrole nitrogens is 1. The molecule has 3 heterocycles. The highest BCUT2D eigenvalue weighted by Crippen LogP contribution is 2.30. The number of carbonyl (C=O) groups excluding carboxylic acids is 1. The van der Waals surface area contributed by atoms with Gasteiger partial charge in [0.2, 0.25) is 0 Å². The lowest BCUT2D eigenvalue weighted by Gasteiger charge is -2.38. The van der Waals surface area contributed by atoms with Crippen molar-refractivity contribution in [1.82, 2.24) is 20.1 Å². The van der Waals surface area contributed by atoms with Crippen LogP contribution in [0.5, 0.6) is 0 Å². The Kier molecular flexibility index (Phi) is 5.50. The second-order valence-electron chi connectivity index (χ2n) is 8.53. The molecule has 1 amide bonds. The van der Waals surface area contributed by atoms with Crippen LogP contribution in [0, 0.1) is 18.7 Å². The number of likely N-dealkylation sites (tertiary alicyclic amines) is 1. The van der Waals surface area contributed by atoms with E-state index in [1.165, 1.54) is 18.2 Å². The van der Waals surface area contributed by atoms with Crippen molar-refractivity contribution >= 4 is 29.2 Å². The summed E-state index contributed by atoms with van der Waals surface area (Å²) >= 11 is 0. The number of fused-ring (bicyclic) bond motifs is 1. The number of carbonyl (C=O) groups is 1. The van der Waals surface area contributed by atoms with Crippen LogP contribution in [0.3, 0.4) is 0 Å². The lowest BCUT2D eigenvalue weighted by molar-refractivity contribution is 0.0625. The van der Waals surface area contributed by atoms with Crippen LogP contribution in [-0.2, 0) is 0 Å². The summed E-state index contributed by atoms with van der Waals surface area (Å²) in [7, 11) is 0. The Morgan fingerprint density at radius 1 is 1.30 bits per heavy atom. The second kappa shape index (κ2) is 8.61. The molecule has 33 heavy (non-hydrogen) atoms. The van der Waals surface area contributed by atoms with Gasteiger partial charge in [0.15, 0.2) is 5.58 Å². The summed E-state index contributed by atoms with van der Waals surface area (Å²) in [6.07, 6.45) is 7.15. The summed E-state index contributed by atoms with van der Waals surface area (Å²) in [4.78, 5) is 24.3. The molecule has 0 aliphatic carbocycles. The SMILES string of the molecule is Cc1ccc(-c2cn[nH]c2)c(C(=O)N2CCCC(C)C2C=Nc2nc3cc(F)ccc3o2)c1. The third kappa shape index (κ3) is 4.16. The largest absolute Gasteiger partial charge is 0.422 e. The van der Waals surface area contributed by atoms with Crippen molar-refractivity contribution in [2.45, 2.75) is 32.7 Å². The molecule has 0 bridgehead atoms. The number of nitrogens with one attached hydrogen (secondary N) is 1. The van der Waals surface area contributed by atoms with Crippen molar-refractivity contribution in [2.75, 3.05) is 6.54 Å². The number of aliphatic imine (C=N–C) groups is 1. The predicted octanol–water partition coefficient (Wildman–Crippen LogP) is 5.31. The van der Waals surface area contributed by atoms with Gasteiger partial charge in [-0.25, -0.2) is 9.38 Å². The smallest absolute Gasteiger partial charge is 0.322 e. The van der Waals surface area contributed by atoms with Crippen LogP contribution in [0.4, 0.5) is 10.4 Å². The third-order valence-corrected chi connectivity index (χ3v) is 6.15. The third-order valence-electron chi connectivity index (χ3n) is 6.15. The topological polar surface area (TPSA) is 87.4 Å². The summed E-state index contributed by atoms with van der Waals surface area (Å²) < 4.78 is 19.1. The number of aryl methyl sites for hydroxylation is 1. The molecule has 1 aliphatic rings. The normalized spacial score (nSPS) is 18.9. The minimum absolute atomic E-state index is 0.0439. The van der Waals surface area contributed by atoms with Gasteiger partial charge in [0.05, 0.1) is 12.2 Å². The van der Waals surface area contributed by atoms with E-state index in [0.29, 0.717) is 23.2 Å². The molecule has 4 aromatic rings. The van der Waals surface area contributed by atoms with Crippen molar-refractivity contribution in [3.8, 4) is 11.1 Å². The number of rotatable bonds is 4. The first kappa shape index (κ1) is 21.1. The molecule has 2 atom stereocenters. The monoisotopic (exact) mass is 445 g/mol. The lowest BCUT2D eigenvalue weighted by atomic mass is 9.90. The van der Waals surface area contributed by atoms with Gasteiger partial charge in [-0.15, -0.1) is 0 Å². The number of halogens is 1. The fraction of sp³-hybridized carbons (Fsp3) is 0.280. The van der Waals surface area contributed by atoms with E-state index in [0.717, 1.165) is 29.5 Å². The molecule has 168 valence electrons. The molecule has 1 N–H and O–H groups in total. The molecular formula is C25H24FN5O2. The first-order valence-corrected chi connectivity index (χ1v) is 11.0. The molecule has 2 aromatic carbocycles. The number of oxazole rings is 1. The van der Waals surface area contributed by atoms with Crippen LogP contribution in [0.15, 0.2) is 58.2 Å². The van der Waals surface area contributed by atoms with Gasteiger partial charge in [-0.05, 0) is 49.4 Å². The fourth-order valence-corrected chi connectivity index (χ4v) is 4.40. The molecular weight excluding hydrogens is 421 g/mol. The number of hydrogen-bond donors (Lipinski definition) is 1. The van der Waals surface area contributed by atoms with Crippen LogP contribution in [0.25, 0.3) is 22.2 Å². The van der Waals surface area contributed by atoms with E-state index in [-0.39, 0.29) is 29.7 Å². The van der Waals surface area contributed by atoms with Crippen LogP contribution in [-0.4, -0.2) is 44.8 Å². The number of aromatic amines is 1. The highest BCUT2D eigenvalue weighted by atomic mass is 19.1. The van der Waals surface area contributed by atoms with Gasteiger partial charge in [0, 0.05) is 36.1 Å². The van der Waals surface area contributed by atoms with Gasteiger partial charge in [0.25, 0.3) is 5.91 Å². The standard InChI is InChI=1S/C25H24FN5O2/c1-15-5-7-19(17-12-28-29-13-17)20(10-15)24(32)31-9-3-4-16(2)22(31)14-27-25-30-21-11-18(26)6-8-23(21)33-25/h5-8,10-14,16,22H,3-4,9H2,1-2H3,(H,28,29). The van der Waals surface area contributed by atoms with Crippen molar-refractivity contribution in [3.05, 3.63) is 65.7 Å². The summed E-state index contributed by atoms with van der Waals surface area (Å²) in [6, 6.07) is 9.98. The maximum Gasteiger partial charge on any atom is 0.322 e. The summed E-state index contributed by atoms with van der Waals surface area (Å²) in [5, 5.41) is 6.86. The number of aromatic nitrogens is 3. The lowest BCUT2D eigenvalue weighted by Crippen LogP contribution is -2.48. The van der Waals surface area contributed by atoms with Gasteiger partial charge in [-0.2, -0.15) is 10.1 Å². The van der Waals surface area contributed by atoms with Crippen LogP contribution in [0.2, 0.25) is 0 Å². The fourth-order valence-electron chi connectivity index (χ4n) is 4.40. The van der Waals surface area contributed by atoms with Crippen LogP contribution in [0.1, 0.15) is 35.7 Å². The molecule has 0 radical (unpaired) electrons. The number of amides is 1. The van der Waals surface area contributed by atoms with E-state index in [1.54, 1.807) is 18.6 Å². The maximum absolute atomic E-state index is 13.8. The summed E-state index contributed by atoms with van der Waals surface area (Å²) in [6.45, 7) is 4.73.